The first-order valence-electron chi connectivity index (χ1n) is 6.03. The number of aliphatic hydroxyl groups is 1. The number of hydrogen-bond acceptors (Lipinski definition) is 3. The molecule has 1 atom stereocenters. The minimum atomic E-state index is -0.320. The van der Waals surface area contributed by atoms with Gasteiger partial charge in [-0.25, -0.2) is 9.18 Å². The molecule has 1 aromatic rings. The van der Waals surface area contributed by atoms with E-state index in [4.69, 9.17) is 9.84 Å². The maximum absolute atomic E-state index is 12.7. The van der Waals surface area contributed by atoms with Crippen LogP contribution in [0.3, 0.4) is 0 Å². The summed E-state index contributed by atoms with van der Waals surface area (Å²) >= 11 is 0. The Morgan fingerprint density at radius 2 is 2.11 bits per heavy atom. The highest BCUT2D eigenvalue weighted by Crippen LogP contribution is 2.11. The van der Waals surface area contributed by atoms with Gasteiger partial charge in [0.25, 0.3) is 0 Å². The van der Waals surface area contributed by atoms with Crippen molar-refractivity contribution in [3.63, 3.8) is 0 Å². The number of aliphatic hydroxyl groups excluding tert-OH is 1. The maximum Gasteiger partial charge on any atom is 0.317 e. The molecule has 0 fully saturated rings. The summed E-state index contributed by atoms with van der Waals surface area (Å²) in [6.45, 7) is 2.28. The van der Waals surface area contributed by atoms with Gasteiger partial charge < -0.3 is 20.1 Å². The maximum atomic E-state index is 12.7. The van der Waals surface area contributed by atoms with Crippen molar-refractivity contribution >= 4 is 6.03 Å². The summed E-state index contributed by atoms with van der Waals surface area (Å²) < 4.78 is 18.1. The van der Waals surface area contributed by atoms with Gasteiger partial charge in [0.2, 0.25) is 0 Å². The molecule has 0 saturated heterocycles. The summed E-state index contributed by atoms with van der Waals surface area (Å²) in [5.74, 6) is 0.227. The number of halogens is 1. The Labute approximate surface area is 112 Å². The van der Waals surface area contributed by atoms with Crippen LogP contribution in [-0.2, 0) is 0 Å². The third-order valence-electron chi connectivity index (χ3n) is 2.47. The van der Waals surface area contributed by atoms with Gasteiger partial charge in [0, 0.05) is 13.6 Å². The molecule has 1 rings (SSSR count). The molecule has 106 valence electrons. The van der Waals surface area contributed by atoms with Gasteiger partial charge in [0.05, 0.1) is 12.6 Å². The second-order valence-electron chi connectivity index (χ2n) is 4.26. The Hall–Kier alpha value is -1.82. The minimum Gasteiger partial charge on any atom is -0.491 e. The molecule has 1 aromatic carbocycles. The molecule has 2 amide bonds. The first-order chi connectivity index (χ1) is 9.02. The molecule has 0 radical (unpaired) electrons. The molecule has 6 heteroatoms. The summed E-state index contributed by atoms with van der Waals surface area (Å²) in [5.41, 5.74) is 0. The largest absolute Gasteiger partial charge is 0.491 e. The molecular weight excluding hydrogens is 251 g/mol. The number of amides is 2. The molecule has 0 spiro atoms. The zero-order valence-corrected chi connectivity index (χ0v) is 11.1. The van der Waals surface area contributed by atoms with E-state index in [0.29, 0.717) is 5.75 Å². The number of likely N-dealkylation sites (N-methyl/N-ethyl adjacent to an activating group) is 1. The van der Waals surface area contributed by atoms with Crippen LogP contribution < -0.4 is 10.1 Å². The van der Waals surface area contributed by atoms with E-state index in [0.717, 1.165) is 0 Å². The Kier molecular flexibility index (Phi) is 6.08. The van der Waals surface area contributed by atoms with Gasteiger partial charge in [0.1, 0.15) is 18.2 Å². The van der Waals surface area contributed by atoms with Crippen LogP contribution in [0.4, 0.5) is 9.18 Å². The molecule has 0 aromatic heterocycles. The van der Waals surface area contributed by atoms with E-state index in [1.54, 1.807) is 14.0 Å². The van der Waals surface area contributed by atoms with Gasteiger partial charge in [0.15, 0.2) is 0 Å². The van der Waals surface area contributed by atoms with Crippen molar-refractivity contribution < 1.29 is 19.0 Å². The third kappa shape index (κ3) is 5.56. The normalized spacial score (nSPS) is 11.8. The third-order valence-corrected chi connectivity index (χ3v) is 2.47. The van der Waals surface area contributed by atoms with Crippen LogP contribution in [0, 0.1) is 5.82 Å². The monoisotopic (exact) mass is 270 g/mol. The highest BCUT2D eigenvalue weighted by molar-refractivity contribution is 5.74. The van der Waals surface area contributed by atoms with Gasteiger partial charge in [-0.15, -0.1) is 0 Å². The first-order valence-corrected chi connectivity index (χ1v) is 6.03. The van der Waals surface area contributed by atoms with E-state index >= 15 is 0 Å². The van der Waals surface area contributed by atoms with Crippen molar-refractivity contribution in [3.05, 3.63) is 30.1 Å². The van der Waals surface area contributed by atoms with Gasteiger partial charge in [-0.1, -0.05) is 0 Å². The van der Waals surface area contributed by atoms with Gasteiger partial charge in [-0.2, -0.15) is 0 Å². The topological polar surface area (TPSA) is 61.8 Å². The van der Waals surface area contributed by atoms with E-state index in [9.17, 15) is 9.18 Å². The van der Waals surface area contributed by atoms with Crippen LogP contribution >= 0.6 is 0 Å². The number of ether oxygens (including phenoxy) is 1. The molecule has 0 saturated carbocycles. The minimum absolute atomic E-state index is 0.0790. The summed E-state index contributed by atoms with van der Waals surface area (Å²) in [7, 11) is 1.60. The molecule has 0 aliphatic heterocycles. The first kappa shape index (κ1) is 15.2. The van der Waals surface area contributed by atoms with Crippen LogP contribution in [0.5, 0.6) is 5.75 Å². The number of carbonyl (C=O) groups excluding carboxylic acids is 1. The Morgan fingerprint density at radius 1 is 1.47 bits per heavy atom. The Morgan fingerprint density at radius 3 is 2.68 bits per heavy atom. The van der Waals surface area contributed by atoms with Crippen molar-refractivity contribution in [2.45, 2.75) is 13.0 Å². The molecule has 5 nitrogen and oxygen atoms in total. The fourth-order valence-corrected chi connectivity index (χ4v) is 1.37. The number of carbonyl (C=O) groups is 1. The van der Waals surface area contributed by atoms with Crippen molar-refractivity contribution in [2.75, 3.05) is 26.8 Å². The number of rotatable bonds is 6. The van der Waals surface area contributed by atoms with Crippen LogP contribution in [0.2, 0.25) is 0 Å². The highest BCUT2D eigenvalue weighted by atomic mass is 19.1. The van der Waals surface area contributed by atoms with Crippen LogP contribution in [0.15, 0.2) is 24.3 Å². The van der Waals surface area contributed by atoms with Crippen molar-refractivity contribution in [2.24, 2.45) is 0 Å². The summed E-state index contributed by atoms with van der Waals surface area (Å²) in [5, 5.41) is 11.4. The van der Waals surface area contributed by atoms with Crippen LogP contribution in [0.1, 0.15) is 6.92 Å². The summed E-state index contributed by atoms with van der Waals surface area (Å²) in [6, 6.07) is 5.22. The van der Waals surface area contributed by atoms with E-state index < -0.39 is 0 Å². The van der Waals surface area contributed by atoms with Crippen LogP contribution in [-0.4, -0.2) is 48.9 Å². The quantitative estimate of drug-likeness (QED) is 0.817. The highest BCUT2D eigenvalue weighted by Gasteiger charge is 2.11. The molecular formula is C13H19FN2O3. The predicted molar refractivity (Wildman–Crippen MR) is 69.6 cm³/mol. The lowest BCUT2D eigenvalue weighted by molar-refractivity contribution is 0.182. The summed E-state index contributed by atoms with van der Waals surface area (Å²) in [4.78, 5) is 13.0. The average Bonchev–Trinajstić information content (AvgIpc) is 2.38. The summed E-state index contributed by atoms with van der Waals surface area (Å²) in [6.07, 6.45) is 0. The SMILES string of the molecule is CC(COc1ccc(F)cc1)NC(=O)N(C)CCO. The zero-order valence-electron chi connectivity index (χ0n) is 11.1. The number of benzene rings is 1. The predicted octanol–water partition coefficient (Wildman–Crippen LogP) is 1.23. The molecule has 0 aliphatic carbocycles. The number of urea groups is 1. The standard InChI is InChI=1S/C13H19FN2O3/c1-10(15-13(18)16(2)7-8-17)9-19-12-5-3-11(14)4-6-12/h3-6,10,17H,7-9H2,1-2H3,(H,15,18). The average molecular weight is 270 g/mol. The zero-order chi connectivity index (χ0) is 14.3. The lowest BCUT2D eigenvalue weighted by atomic mass is 10.3. The number of nitrogens with one attached hydrogen (secondary N) is 1. The van der Waals surface area contributed by atoms with Crippen molar-refractivity contribution in [1.29, 1.82) is 0 Å². The lowest BCUT2D eigenvalue weighted by Crippen LogP contribution is -2.44. The smallest absolute Gasteiger partial charge is 0.317 e. The van der Waals surface area contributed by atoms with Gasteiger partial charge in [-0.05, 0) is 31.2 Å². The molecule has 0 aliphatic rings. The Bertz CT molecular complexity index is 397. The fraction of sp³-hybridized carbons (Fsp3) is 0.462. The fourth-order valence-electron chi connectivity index (χ4n) is 1.37. The van der Waals surface area contributed by atoms with Gasteiger partial charge >= 0.3 is 6.03 Å². The molecule has 0 heterocycles. The lowest BCUT2D eigenvalue weighted by Gasteiger charge is -2.20. The second kappa shape index (κ2) is 7.58. The van der Waals surface area contributed by atoms with E-state index in [-0.39, 0.29) is 37.6 Å². The van der Waals surface area contributed by atoms with E-state index in [1.165, 1.54) is 29.2 Å². The Balaban J connectivity index is 2.33. The molecule has 1 unspecified atom stereocenters. The van der Waals surface area contributed by atoms with E-state index in [1.807, 2.05) is 0 Å². The number of nitrogens with zero attached hydrogens (tertiary/aromatic N) is 1. The van der Waals surface area contributed by atoms with Crippen molar-refractivity contribution in [1.82, 2.24) is 10.2 Å². The van der Waals surface area contributed by atoms with E-state index in [2.05, 4.69) is 5.32 Å². The molecule has 0 bridgehead atoms. The number of hydrogen-bond donors (Lipinski definition) is 2. The van der Waals surface area contributed by atoms with Gasteiger partial charge in [-0.3, -0.25) is 0 Å². The second-order valence-corrected chi connectivity index (χ2v) is 4.26. The van der Waals surface area contributed by atoms with Crippen molar-refractivity contribution in [3.8, 4) is 5.75 Å². The molecule has 2 N–H and O–H groups in total. The molecule has 19 heavy (non-hydrogen) atoms. The van der Waals surface area contributed by atoms with Crippen LogP contribution in [0.25, 0.3) is 0 Å².